The van der Waals surface area contributed by atoms with Crippen LogP contribution in [0, 0.1) is 0 Å². The summed E-state index contributed by atoms with van der Waals surface area (Å²) in [4.78, 5) is 11.1. The molecule has 0 radical (unpaired) electrons. The quantitative estimate of drug-likeness (QED) is 0.520. The number of benzene rings is 2. The summed E-state index contributed by atoms with van der Waals surface area (Å²) in [5, 5.41) is 1.41. The van der Waals surface area contributed by atoms with Crippen LogP contribution in [-0.4, -0.2) is 13.1 Å². The molecule has 0 saturated carbocycles. The molecule has 3 nitrogen and oxygen atoms in total. The van der Waals surface area contributed by atoms with Crippen molar-refractivity contribution in [2.75, 3.05) is 7.11 Å². The summed E-state index contributed by atoms with van der Waals surface area (Å²) in [6.45, 7) is 0.313. The van der Waals surface area contributed by atoms with Crippen molar-refractivity contribution in [3.63, 3.8) is 0 Å². The summed E-state index contributed by atoms with van der Waals surface area (Å²) in [5.74, 6) is 0.106. The van der Waals surface area contributed by atoms with E-state index in [1.807, 2.05) is 6.07 Å². The zero-order chi connectivity index (χ0) is 16.8. The predicted molar refractivity (Wildman–Crippen MR) is 93.3 cm³/mol. The van der Waals surface area contributed by atoms with Crippen LogP contribution in [0.15, 0.2) is 42.5 Å². The summed E-state index contributed by atoms with van der Waals surface area (Å²) in [7, 11) is 1.32. The minimum Gasteiger partial charge on any atom is -0.487 e. The Balaban J connectivity index is 2.04. The smallest absolute Gasteiger partial charge is 0.330 e. The maximum atomic E-state index is 11.1. The monoisotopic (exact) mass is 370 g/mol. The topological polar surface area (TPSA) is 35.5 Å². The molecular formula is C17H13Cl3O3. The first-order valence-corrected chi connectivity index (χ1v) is 7.75. The maximum Gasteiger partial charge on any atom is 0.330 e. The molecule has 6 heteroatoms. The van der Waals surface area contributed by atoms with E-state index in [2.05, 4.69) is 4.74 Å². The molecule has 0 aliphatic rings. The van der Waals surface area contributed by atoms with Gasteiger partial charge in [-0.2, -0.15) is 0 Å². The summed E-state index contributed by atoms with van der Waals surface area (Å²) in [5.41, 5.74) is 1.65. The normalized spacial score (nSPS) is 10.8. The first-order valence-electron chi connectivity index (χ1n) is 6.62. The minimum absolute atomic E-state index is 0.313. The number of rotatable bonds is 5. The first kappa shape index (κ1) is 17.7. The standard InChI is InChI=1S/C17H13Cl3O3/c1-22-17(21)7-4-11-3-6-16(15(20)8-11)23-10-12-2-5-13(18)14(19)9-12/h2-9H,10H2,1H3/b7-4+. The fraction of sp³-hybridized carbons (Fsp3) is 0.118. The van der Waals surface area contributed by atoms with E-state index in [9.17, 15) is 4.79 Å². The lowest BCUT2D eigenvalue weighted by Crippen LogP contribution is -1.96. The van der Waals surface area contributed by atoms with Gasteiger partial charge in [0, 0.05) is 6.08 Å². The van der Waals surface area contributed by atoms with Crippen molar-refractivity contribution in [3.8, 4) is 5.75 Å². The molecule has 2 aromatic carbocycles. The molecule has 0 N–H and O–H groups in total. The second kappa shape index (κ2) is 8.25. The highest BCUT2D eigenvalue weighted by Gasteiger charge is 2.05. The highest BCUT2D eigenvalue weighted by molar-refractivity contribution is 6.42. The highest BCUT2D eigenvalue weighted by Crippen LogP contribution is 2.28. The van der Waals surface area contributed by atoms with Crippen LogP contribution in [0.3, 0.4) is 0 Å². The maximum absolute atomic E-state index is 11.1. The van der Waals surface area contributed by atoms with Gasteiger partial charge in [-0.25, -0.2) is 4.79 Å². The van der Waals surface area contributed by atoms with E-state index in [4.69, 9.17) is 39.5 Å². The fourth-order valence-electron chi connectivity index (χ4n) is 1.76. The Hall–Kier alpha value is -1.68. The van der Waals surface area contributed by atoms with Gasteiger partial charge in [0.05, 0.1) is 22.2 Å². The Morgan fingerprint density at radius 2 is 1.83 bits per heavy atom. The van der Waals surface area contributed by atoms with Crippen molar-refractivity contribution in [3.05, 3.63) is 68.7 Å². The van der Waals surface area contributed by atoms with E-state index >= 15 is 0 Å². The van der Waals surface area contributed by atoms with Crippen LogP contribution in [0.25, 0.3) is 6.08 Å². The Bertz CT molecular complexity index is 742. The van der Waals surface area contributed by atoms with Gasteiger partial charge in [-0.3, -0.25) is 0 Å². The summed E-state index contributed by atoms with van der Waals surface area (Å²) in [6, 6.07) is 10.5. The van der Waals surface area contributed by atoms with Gasteiger partial charge in [-0.15, -0.1) is 0 Å². The number of carbonyl (C=O) groups excluding carboxylic acids is 1. The van der Waals surface area contributed by atoms with Gasteiger partial charge in [0.1, 0.15) is 12.4 Å². The molecular weight excluding hydrogens is 359 g/mol. The lowest BCUT2D eigenvalue weighted by Gasteiger charge is -2.09. The van der Waals surface area contributed by atoms with E-state index in [-0.39, 0.29) is 0 Å². The number of ether oxygens (including phenoxy) is 2. The van der Waals surface area contributed by atoms with Gasteiger partial charge in [0.25, 0.3) is 0 Å². The van der Waals surface area contributed by atoms with Crippen molar-refractivity contribution >= 4 is 46.8 Å². The zero-order valence-electron chi connectivity index (χ0n) is 12.2. The molecule has 120 valence electrons. The average molecular weight is 372 g/mol. The SMILES string of the molecule is COC(=O)/C=C/c1ccc(OCc2ccc(Cl)c(Cl)c2)c(Cl)c1. The molecule has 0 atom stereocenters. The van der Waals surface area contributed by atoms with Crippen LogP contribution in [0.4, 0.5) is 0 Å². The van der Waals surface area contributed by atoms with Crippen molar-refractivity contribution in [1.82, 2.24) is 0 Å². The summed E-state index contributed by atoms with van der Waals surface area (Å²) in [6.07, 6.45) is 2.93. The summed E-state index contributed by atoms with van der Waals surface area (Å²) < 4.78 is 10.2. The van der Waals surface area contributed by atoms with Gasteiger partial charge in [0.2, 0.25) is 0 Å². The molecule has 0 heterocycles. The molecule has 0 aliphatic heterocycles. The minimum atomic E-state index is -0.430. The molecule has 0 aromatic heterocycles. The Labute approximate surface area is 149 Å². The molecule has 0 aliphatic carbocycles. The van der Waals surface area contributed by atoms with E-state index in [1.165, 1.54) is 13.2 Å². The van der Waals surface area contributed by atoms with Crippen LogP contribution in [-0.2, 0) is 16.1 Å². The molecule has 0 spiro atoms. The van der Waals surface area contributed by atoms with E-state index in [1.54, 1.807) is 36.4 Å². The van der Waals surface area contributed by atoms with Gasteiger partial charge >= 0.3 is 5.97 Å². The number of methoxy groups -OCH3 is 1. The molecule has 0 saturated heterocycles. The number of carbonyl (C=O) groups is 1. The molecule has 2 aromatic rings. The van der Waals surface area contributed by atoms with E-state index in [0.29, 0.717) is 27.4 Å². The molecule has 23 heavy (non-hydrogen) atoms. The van der Waals surface area contributed by atoms with E-state index in [0.717, 1.165) is 11.1 Å². The third-order valence-corrected chi connectivity index (χ3v) is 3.98. The second-order valence-corrected chi connectivity index (χ2v) is 5.81. The largest absolute Gasteiger partial charge is 0.487 e. The fourth-order valence-corrected chi connectivity index (χ4v) is 2.32. The third kappa shape index (κ3) is 5.17. The molecule has 0 unspecified atom stereocenters. The number of halogens is 3. The van der Waals surface area contributed by atoms with Crippen LogP contribution >= 0.6 is 34.8 Å². The number of hydrogen-bond acceptors (Lipinski definition) is 3. The van der Waals surface area contributed by atoms with E-state index < -0.39 is 5.97 Å². The third-order valence-electron chi connectivity index (χ3n) is 2.95. The van der Waals surface area contributed by atoms with Crippen LogP contribution in [0.2, 0.25) is 15.1 Å². The van der Waals surface area contributed by atoms with Gasteiger partial charge in [-0.05, 0) is 41.5 Å². The Morgan fingerprint density at radius 1 is 1.04 bits per heavy atom. The molecule has 0 amide bonds. The lowest BCUT2D eigenvalue weighted by molar-refractivity contribution is -0.134. The van der Waals surface area contributed by atoms with Gasteiger partial charge in [-0.1, -0.05) is 46.9 Å². The Kier molecular flexibility index (Phi) is 6.34. The number of hydrogen-bond donors (Lipinski definition) is 0. The van der Waals surface area contributed by atoms with Crippen molar-refractivity contribution in [1.29, 1.82) is 0 Å². The van der Waals surface area contributed by atoms with Crippen LogP contribution in [0.1, 0.15) is 11.1 Å². The molecule has 2 rings (SSSR count). The zero-order valence-corrected chi connectivity index (χ0v) is 14.5. The number of esters is 1. The van der Waals surface area contributed by atoms with Crippen molar-refractivity contribution in [2.45, 2.75) is 6.61 Å². The van der Waals surface area contributed by atoms with Crippen molar-refractivity contribution in [2.24, 2.45) is 0 Å². The molecule has 0 fully saturated rings. The predicted octanol–water partition coefficient (Wildman–Crippen LogP) is 5.41. The average Bonchev–Trinajstić information content (AvgIpc) is 2.54. The van der Waals surface area contributed by atoms with Crippen LogP contribution < -0.4 is 4.74 Å². The Morgan fingerprint density at radius 3 is 2.48 bits per heavy atom. The lowest BCUT2D eigenvalue weighted by atomic mass is 10.2. The first-order chi connectivity index (χ1) is 11.0. The summed E-state index contributed by atoms with van der Waals surface area (Å²) >= 11 is 18.0. The second-order valence-electron chi connectivity index (χ2n) is 4.58. The van der Waals surface area contributed by atoms with Gasteiger partial charge < -0.3 is 9.47 Å². The van der Waals surface area contributed by atoms with Gasteiger partial charge in [0.15, 0.2) is 0 Å². The highest BCUT2D eigenvalue weighted by atomic mass is 35.5. The molecule has 0 bridgehead atoms. The van der Waals surface area contributed by atoms with Crippen molar-refractivity contribution < 1.29 is 14.3 Å². The van der Waals surface area contributed by atoms with Crippen LogP contribution in [0.5, 0.6) is 5.75 Å².